The maximum atomic E-state index is 13.4. The fourth-order valence-corrected chi connectivity index (χ4v) is 4.15. The smallest absolute Gasteiger partial charge is 0.282 e. The van der Waals surface area contributed by atoms with E-state index in [4.69, 9.17) is 14.7 Å². The van der Waals surface area contributed by atoms with Gasteiger partial charge in [-0.25, -0.2) is 9.98 Å². The van der Waals surface area contributed by atoms with Crippen molar-refractivity contribution in [2.45, 2.75) is 20.0 Å². The average molecular weight is 448 g/mol. The average Bonchev–Trinajstić information content (AvgIpc) is 3.16. The van der Waals surface area contributed by atoms with Crippen molar-refractivity contribution >= 4 is 29.2 Å². The Labute approximate surface area is 199 Å². The normalized spacial score (nSPS) is 16.3. The number of carbonyl (C=O) groups is 1. The van der Waals surface area contributed by atoms with E-state index in [1.807, 2.05) is 73.7 Å². The lowest BCUT2D eigenvalue weighted by Crippen LogP contribution is -2.36. The molecule has 0 spiro atoms. The zero-order valence-corrected chi connectivity index (χ0v) is 19.2. The molecular formula is C29H25N3O2. The Morgan fingerprint density at radius 2 is 1.71 bits per heavy atom. The van der Waals surface area contributed by atoms with Crippen LogP contribution in [0, 0.1) is 6.92 Å². The molecule has 0 aliphatic carbocycles. The molecule has 2 aliphatic rings. The molecule has 0 atom stereocenters. The monoisotopic (exact) mass is 447 g/mol. The van der Waals surface area contributed by atoms with Gasteiger partial charge in [-0.15, -0.1) is 0 Å². The molecule has 0 N–H and O–H groups in total. The van der Waals surface area contributed by atoms with Crippen molar-refractivity contribution in [1.82, 2.24) is 4.90 Å². The van der Waals surface area contributed by atoms with Gasteiger partial charge in [0.1, 0.15) is 5.70 Å². The van der Waals surface area contributed by atoms with Gasteiger partial charge in [0.05, 0.1) is 18.0 Å². The Morgan fingerprint density at radius 3 is 2.50 bits per heavy atom. The number of benzene rings is 3. The highest BCUT2D eigenvalue weighted by Crippen LogP contribution is 2.29. The van der Waals surface area contributed by atoms with Gasteiger partial charge >= 0.3 is 0 Å². The third-order valence-electron chi connectivity index (χ3n) is 5.75. The van der Waals surface area contributed by atoms with E-state index in [1.165, 1.54) is 0 Å². The van der Waals surface area contributed by atoms with Crippen LogP contribution in [-0.4, -0.2) is 29.5 Å². The standard InChI is InChI=1S/C29H25N3O2/c1-20-8-6-13-24(14-20)27-18-32-28(25(30-27)16-21-9-4-3-5-10-21)31-26(29(32)33)17-22-11-7-12-23(15-22)19-34-2/h3-15,17-18H,16,19H2,1-2H3/b26-17-. The maximum absolute atomic E-state index is 13.4. The topological polar surface area (TPSA) is 54.3 Å². The quantitative estimate of drug-likeness (QED) is 0.474. The van der Waals surface area contributed by atoms with Gasteiger partial charge in [-0.3, -0.25) is 9.69 Å². The van der Waals surface area contributed by atoms with Crippen LogP contribution >= 0.6 is 0 Å². The highest BCUT2D eigenvalue weighted by Gasteiger charge is 2.35. The minimum absolute atomic E-state index is 0.155. The lowest BCUT2D eigenvalue weighted by atomic mass is 10.0. The highest BCUT2D eigenvalue weighted by atomic mass is 16.5. The second-order valence-corrected chi connectivity index (χ2v) is 8.42. The van der Waals surface area contributed by atoms with E-state index in [-0.39, 0.29) is 5.91 Å². The maximum Gasteiger partial charge on any atom is 0.282 e. The number of aliphatic imine (C=N–C) groups is 2. The molecule has 5 nitrogen and oxygen atoms in total. The fraction of sp³-hybridized carbons (Fsp3) is 0.138. The number of rotatable bonds is 6. The first-order valence-electron chi connectivity index (χ1n) is 11.2. The van der Waals surface area contributed by atoms with Gasteiger partial charge in [0.15, 0.2) is 5.84 Å². The van der Waals surface area contributed by atoms with Crippen molar-refractivity contribution in [3.63, 3.8) is 0 Å². The molecule has 1 amide bonds. The van der Waals surface area contributed by atoms with Crippen LogP contribution in [0.4, 0.5) is 0 Å². The third kappa shape index (κ3) is 4.51. The van der Waals surface area contributed by atoms with Crippen molar-refractivity contribution in [3.8, 4) is 0 Å². The van der Waals surface area contributed by atoms with E-state index in [1.54, 1.807) is 18.2 Å². The van der Waals surface area contributed by atoms with Crippen LogP contribution < -0.4 is 0 Å². The number of hydrogen-bond acceptors (Lipinski definition) is 4. The number of fused-ring (bicyclic) bond motifs is 1. The molecule has 168 valence electrons. The van der Waals surface area contributed by atoms with Gasteiger partial charge < -0.3 is 4.74 Å². The van der Waals surface area contributed by atoms with Crippen LogP contribution in [0.1, 0.15) is 27.8 Å². The zero-order chi connectivity index (χ0) is 23.5. The Bertz CT molecular complexity index is 1370. The van der Waals surface area contributed by atoms with Crippen molar-refractivity contribution in [3.05, 3.63) is 119 Å². The van der Waals surface area contributed by atoms with Crippen LogP contribution in [0.15, 0.2) is 101 Å². The molecule has 0 saturated heterocycles. The number of ether oxygens (including phenoxy) is 1. The summed E-state index contributed by atoms with van der Waals surface area (Å²) in [6.45, 7) is 2.57. The largest absolute Gasteiger partial charge is 0.380 e. The molecule has 5 rings (SSSR count). The molecule has 0 fully saturated rings. The van der Waals surface area contributed by atoms with Crippen LogP contribution in [0.25, 0.3) is 11.8 Å². The first-order valence-corrected chi connectivity index (χ1v) is 11.2. The lowest BCUT2D eigenvalue weighted by Gasteiger charge is -2.22. The van der Waals surface area contributed by atoms with Crippen molar-refractivity contribution in [2.75, 3.05) is 7.11 Å². The van der Waals surface area contributed by atoms with E-state index in [2.05, 4.69) is 18.2 Å². The highest BCUT2D eigenvalue weighted by molar-refractivity contribution is 6.48. The number of hydrogen-bond donors (Lipinski definition) is 0. The summed E-state index contributed by atoms with van der Waals surface area (Å²) in [4.78, 5) is 24.7. The molecule has 0 saturated carbocycles. The first kappa shape index (κ1) is 21.7. The molecule has 0 bridgehead atoms. The molecule has 3 aromatic rings. The molecule has 34 heavy (non-hydrogen) atoms. The summed E-state index contributed by atoms with van der Waals surface area (Å²) in [5.74, 6) is 0.433. The number of amides is 1. The second-order valence-electron chi connectivity index (χ2n) is 8.42. The molecule has 0 unspecified atom stereocenters. The molecule has 0 aromatic heterocycles. The van der Waals surface area contributed by atoms with Crippen molar-refractivity contribution in [2.24, 2.45) is 9.98 Å². The van der Waals surface area contributed by atoms with Crippen molar-refractivity contribution < 1.29 is 9.53 Å². The predicted octanol–water partition coefficient (Wildman–Crippen LogP) is 5.42. The first-order chi connectivity index (χ1) is 16.6. The number of methoxy groups -OCH3 is 1. The van der Waals surface area contributed by atoms with Gasteiger partial charge in [0.25, 0.3) is 5.91 Å². The summed E-state index contributed by atoms with van der Waals surface area (Å²) in [6, 6.07) is 26.2. The second kappa shape index (κ2) is 9.41. The molecular weight excluding hydrogens is 422 g/mol. The van der Waals surface area contributed by atoms with Crippen LogP contribution in [0.3, 0.4) is 0 Å². The summed E-state index contributed by atoms with van der Waals surface area (Å²) in [5.41, 5.74) is 7.11. The molecule has 2 aliphatic heterocycles. The van der Waals surface area contributed by atoms with Crippen LogP contribution in [0.2, 0.25) is 0 Å². The van der Waals surface area contributed by atoms with Gasteiger partial charge in [-0.05, 0) is 41.8 Å². The number of nitrogens with zero attached hydrogens (tertiary/aromatic N) is 3. The van der Waals surface area contributed by atoms with Gasteiger partial charge in [-0.1, -0.05) is 72.3 Å². The fourth-order valence-electron chi connectivity index (χ4n) is 4.15. The minimum atomic E-state index is -0.155. The third-order valence-corrected chi connectivity index (χ3v) is 5.75. The van der Waals surface area contributed by atoms with E-state index >= 15 is 0 Å². The number of amidine groups is 1. The minimum Gasteiger partial charge on any atom is -0.380 e. The summed E-state index contributed by atoms with van der Waals surface area (Å²) in [5, 5.41) is 0. The van der Waals surface area contributed by atoms with Gasteiger partial charge in [0, 0.05) is 25.3 Å². The number of carbonyl (C=O) groups excluding carboxylic acids is 1. The van der Waals surface area contributed by atoms with E-state index < -0.39 is 0 Å². The Balaban J connectivity index is 1.55. The molecule has 0 radical (unpaired) electrons. The summed E-state index contributed by atoms with van der Waals surface area (Å²) in [7, 11) is 1.67. The van der Waals surface area contributed by atoms with Crippen molar-refractivity contribution in [1.29, 1.82) is 0 Å². The molecule has 3 aromatic carbocycles. The number of aryl methyl sites for hydroxylation is 1. The lowest BCUT2D eigenvalue weighted by molar-refractivity contribution is -0.120. The Hall–Kier alpha value is -4.09. The van der Waals surface area contributed by atoms with Crippen LogP contribution in [0.5, 0.6) is 0 Å². The van der Waals surface area contributed by atoms with Crippen LogP contribution in [-0.2, 0) is 22.6 Å². The van der Waals surface area contributed by atoms with E-state index in [0.717, 1.165) is 39.2 Å². The summed E-state index contributed by atoms with van der Waals surface area (Å²) in [6.07, 6.45) is 4.21. The molecule has 5 heteroatoms. The predicted molar refractivity (Wildman–Crippen MR) is 136 cm³/mol. The SMILES string of the molecule is COCc1cccc(/C=C2\N=C3C(Cc4ccccc4)=NC(c4cccc(C)c4)=CN3C2=O)c1. The Morgan fingerprint density at radius 1 is 0.912 bits per heavy atom. The Kier molecular flexibility index (Phi) is 6.02. The summed E-state index contributed by atoms with van der Waals surface area (Å²) >= 11 is 0. The van der Waals surface area contributed by atoms with E-state index in [0.29, 0.717) is 24.6 Å². The van der Waals surface area contributed by atoms with Gasteiger partial charge in [-0.2, -0.15) is 0 Å². The summed E-state index contributed by atoms with van der Waals surface area (Å²) < 4.78 is 5.24. The van der Waals surface area contributed by atoms with Gasteiger partial charge in [0.2, 0.25) is 0 Å². The molecule has 2 heterocycles. The zero-order valence-electron chi connectivity index (χ0n) is 19.2. The van der Waals surface area contributed by atoms with E-state index in [9.17, 15) is 4.79 Å².